The minimum absolute atomic E-state index is 0.0498. The quantitative estimate of drug-likeness (QED) is 0.522. The summed E-state index contributed by atoms with van der Waals surface area (Å²) >= 11 is 5.43. The molecule has 2 rings (SSSR count). The van der Waals surface area contributed by atoms with E-state index in [0.717, 1.165) is 11.1 Å². The summed E-state index contributed by atoms with van der Waals surface area (Å²) in [4.78, 5) is 11.6. The van der Waals surface area contributed by atoms with Crippen molar-refractivity contribution < 1.29 is 9.53 Å². The molecule has 27 heavy (non-hydrogen) atoms. The van der Waals surface area contributed by atoms with Crippen molar-refractivity contribution in [3.63, 3.8) is 0 Å². The van der Waals surface area contributed by atoms with E-state index >= 15 is 0 Å². The molecule has 5 nitrogen and oxygen atoms in total. The number of benzene rings is 2. The van der Waals surface area contributed by atoms with Gasteiger partial charge in [0.2, 0.25) is 0 Å². The van der Waals surface area contributed by atoms with E-state index in [1.54, 1.807) is 0 Å². The van der Waals surface area contributed by atoms with E-state index < -0.39 is 11.7 Å². The molecule has 0 aliphatic carbocycles. The highest BCUT2D eigenvalue weighted by Gasteiger charge is 2.16. The summed E-state index contributed by atoms with van der Waals surface area (Å²) in [5.41, 5.74) is 1.74. The first-order chi connectivity index (χ1) is 12.8. The molecule has 0 bridgehead atoms. The van der Waals surface area contributed by atoms with Gasteiger partial charge in [0.05, 0.1) is 6.04 Å². The zero-order valence-electron chi connectivity index (χ0n) is 16.0. The summed E-state index contributed by atoms with van der Waals surface area (Å²) in [5, 5.41) is 9.70. The van der Waals surface area contributed by atoms with Crippen molar-refractivity contribution >= 4 is 23.4 Å². The zero-order valence-corrected chi connectivity index (χ0v) is 16.8. The Balaban J connectivity index is 1.87. The van der Waals surface area contributed by atoms with Gasteiger partial charge in [-0.2, -0.15) is 0 Å². The third-order valence-electron chi connectivity index (χ3n) is 3.62. The van der Waals surface area contributed by atoms with E-state index in [-0.39, 0.29) is 6.04 Å². The molecule has 0 unspecified atom stereocenters. The van der Waals surface area contributed by atoms with Crippen LogP contribution in [0.1, 0.15) is 37.9 Å². The molecule has 0 radical (unpaired) electrons. The Bertz CT molecular complexity index is 691. The van der Waals surface area contributed by atoms with Gasteiger partial charge in [-0.05, 0) is 44.1 Å². The Morgan fingerprint density at radius 2 is 1.41 bits per heavy atom. The number of amides is 1. The highest BCUT2D eigenvalue weighted by molar-refractivity contribution is 7.80. The van der Waals surface area contributed by atoms with Gasteiger partial charge in [0.25, 0.3) is 0 Å². The first-order valence-electron chi connectivity index (χ1n) is 8.96. The summed E-state index contributed by atoms with van der Waals surface area (Å²) in [7, 11) is 0. The van der Waals surface area contributed by atoms with Gasteiger partial charge in [0, 0.05) is 13.1 Å². The third-order valence-corrected chi connectivity index (χ3v) is 3.88. The van der Waals surface area contributed by atoms with Crippen LogP contribution in [-0.4, -0.2) is 29.9 Å². The molecule has 0 heterocycles. The predicted octanol–water partition coefficient (Wildman–Crippen LogP) is 3.76. The van der Waals surface area contributed by atoms with E-state index in [1.165, 1.54) is 0 Å². The molecular weight excluding hydrogens is 358 g/mol. The van der Waals surface area contributed by atoms with Gasteiger partial charge < -0.3 is 20.7 Å². The second-order valence-corrected chi connectivity index (χ2v) is 7.49. The third kappa shape index (κ3) is 7.66. The van der Waals surface area contributed by atoms with Gasteiger partial charge in [-0.1, -0.05) is 60.7 Å². The van der Waals surface area contributed by atoms with Crippen LogP contribution in [0.25, 0.3) is 0 Å². The largest absolute Gasteiger partial charge is 0.444 e. The molecule has 144 valence electrons. The lowest BCUT2D eigenvalue weighted by atomic mass is 9.99. The van der Waals surface area contributed by atoms with Crippen molar-refractivity contribution in [2.75, 3.05) is 13.1 Å². The standard InChI is InChI=1S/C21H27N3O2S/c1-21(2,3)26-20(25)23-15-14-22-19(27)24-18(16-10-6-4-7-11-16)17-12-8-5-9-13-17/h4-13,18H,14-15H2,1-3H3,(H,23,25)(H2,22,24,27). The molecule has 3 N–H and O–H groups in total. The van der Waals surface area contributed by atoms with E-state index in [9.17, 15) is 4.79 Å². The van der Waals surface area contributed by atoms with E-state index in [2.05, 4.69) is 40.2 Å². The summed E-state index contributed by atoms with van der Waals surface area (Å²) in [5.74, 6) is 0. The topological polar surface area (TPSA) is 62.4 Å². The molecule has 0 aliphatic heterocycles. The number of rotatable bonds is 6. The van der Waals surface area contributed by atoms with E-state index in [1.807, 2.05) is 57.2 Å². The second kappa shape index (κ2) is 9.92. The molecule has 0 aliphatic rings. The predicted molar refractivity (Wildman–Crippen MR) is 113 cm³/mol. The maximum Gasteiger partial charge on any atom is 0.407 e. The van der Waals surface area contributed by atoms with Gasteiger partial charge in [-0.15, -0.1) is 0 Å². The van der Waals surface area contributed by atoms with Crippen LogP contribution < -0.4 is 16.0 Å². The molecule has 0 fully saturated rings. The minimum atomic E-state index is -0.507. The number of nitrogens with one attached hydrogen (secondary N) is 3. The number of ether oxygens (including phenoxy) is 1. The number of hydrogen-bond donors (Lipinski definition) is 3. The molecular formula is C21H27N3O2S. The van der Waals surface area contributed by atoms with Crippen LogP contribution in [0.4, 0.5) is 4.79 Å². The first-order valence-corrected chi connectivity index (χ1v) is 9.37. The van der Waals surface area contributed by atoms with Crippen LogP contribution >= 0.6 is 12.2 Å². The average molecular weight is 386 g/mol. The van der Waals surface area contributed by atoms with Crippen molar-refractivity contribution in [1.82, 2.24) is 16.0 Å². The van der Waals surface area contributed by atoms with E-state index in [4.69, 9.17) is 17.0 Å². The normalized spacial score (nSPS) is 11.0. The Labute approximate surface area is 166 Å². The number of carbonyl (C=O) groups is 1. The van der Waals surface area contributed by atoms with E-state index in [0.29, 0.717) is 18.2 Å². The van der Waals surface area contributed by atoms with Gasteiger partial charge in [0.1, 0.15) is 5.60 Å². The highest BCUT2D eigenvalue weighted by atomic mass is 32.1. The number of hydrogen-bond acceptors (Lipinski definition) is 3. The molecule has 0 saturated heterocycles. The van der Waals surface area contributed by atoms with Crippen LogP contribution in [-0.2, 0) is 4.74 Å². The Morgan fingerprint density at radius 1 is 0.926 bits per heavy atom. The first kappa shape index (κ1) is 20.7. The van der Waals surface area contributed by atoms with Gasteiger partial charge in [-0.3, -0.25) is 0 Å². The van der Waals surface area contributed by atoms with Crippen molar-refractivity contribution in [1.29, 1.82) is 0 Å². The molecule has 0 saturated carbocycles. The fourth-order valence-corrected chi connectivity index (χ4v) is 2.71. The maximum atomic E-state index is 11.6. The summed E-state index contributed by atoms with van der Waals surface area (Å²) < 4.78 is 5.20. The highest BCUT2D eigenvalue weighted by Crippen LogP contribution is 2.21. The van der Waals surface area contributed by atoms with Crippen molar-refractivity contribution in [3.8, 4) is 0 Å². The summed E-state index contributed by atoms with van der Waals surface area (Å²) in [6.07, 6.45) is -0.436. The monoisotopic (exact) mass is 385 g/mol. The number of thiocarbonyl (C=S) groups is 1. The SMILES string of the molecule is CC(C)(C)OC(=O)NCCNC(=S)NC(c1ccccc1)c1ccccc1. The van der Waals surface area contributed by atoms with Crippen molar-refractivity contribution in [3.05, 3.63) is 71.8 Å². The molecule has 0 atom stereocenters. The van der Waals surface area contributed by atoms with Crippen LogP contribution in [0, 0.1) is 0 Å². The Morgan fingerprint density at radius 3 is 1.89 bits per heavy atom. The van der Waals surface area contributed by atoms with Gasteiger partial charge in [-0.25, -0.2) is 4.79 Å². The molecule has 2 aromatic carbocycles. The maximum absolute atomic E-state index is 11.6. The lowest BCUT2D eigenvalue weighted by molar-refractivity contribution is 0.0529. The zero-order chi connectivity index (χ0) is 19.7. The minimum Gasteiger partial charge on any atom is -0.444 e. The Hall–Kier alpha value is -2.60. The van der Waals surface area contributed by atoms with Crippen LogP contribution in [0.5, 0.6) is 0 Å². The average Bonchev–Trinajstić information content (AvgIpc) is 2.63. The lowest BCUT2D eigenvalue weighted by Gasteiger charge is -2.22. The molecule has 6 heteroatoms. The fraction of sp³-hybridized carbons (Fsp3) is 0.333. The Kier molecular flexibility index (Phi) is 7.61. The van der Waals surface area contributed by atoms with Crippen molar-refractivity contribution in [2.24, 2.45) is 0 Å². The van der Waals surface area contributed by atoms with Gasteiger partial charge in [0.15, 0.2) is 5.11 Å². The lowest BCUT2D eigenvalue weighted by Crippen LogP contribution is -2.42. The fourth-order valence-electron chi connectivity index (χ4n) is 2.49. The van der Waals surface area contributed by atoms with Crippen molar-refractivity contribution in [2.45, 2.75) is 32.4 Å². The summed E-state index contributed by atoms with van der Waals surface area (Å²) in [6.45, 7) is 6.41. The van der Waals surface area contributed by atoms with Crippen LogP contribution in [0.2, 0.25) is 0 Å². The number of alkyl carbamates (subject to hydrolysis) is 1. The molecule has 1 amide bonds. The van der Waals surface area contributed by atoms with Crippen LogP contribution in [0.15, 0.2) is 60.7 Å². The summed E-state index contributed by atoms with van der Waals surface area (Å²) in [6, 6.07) is 20.2. The van der Waals surface area contributed by atoms with Gasteiger partial charge >= 0.3 is 6.09 Å². The number of carbonyl (C=O) groups excluding carboxylic acids is 1. The second-order valence-electron chi connectivity index (χ2n) is 7.08. The smallest absolute Gasteiger partial charge is 0.407 e. The molecule has 2 aromatic rings. The molecule has 0 spiro atoms. The molecule has 0 aromatic heterocycles. The van der Waals surface area contributed by atoms with Crippen LogP contribution in [0.3, 0.4) is 0 Å².